The Balaban J connectivity index is 2.52. The molecule has 0 N–H and O–H groups in total. The lowest BCUT2D eigenvalue weighted by molar-refractivity contribution is 0.0538. The second-order valence-electron chi connectivity index (χ2n) is 3.81. The quantitative estimate of drug-likeness (QED) is 0.747. The summed E-state index contributed by atoms with van der Waals surface area (Å²) >= 11 is 5.83. The van der Waals surface area contributed by atoms with Gasteiger partial charge in [0, 0.05) is 5.56 Å². The van der Waals surface area contributed by atoms with Gasteiger partial charge in [-0.1, -0.05) is 11.6 Å². The molecule has 0 spiro atoms. The highest BCUT2D eigenvalue weighted by Gasteiger charge is 2.08. The fraction of sp³-hybridized carbons (Fsp3) is 0.636. The van der Waals surface area contributed by atoms with E-state index >= 15 is 0 Å². The maximum Gasteiger partial charge on any atom is 0.236 e. The molecule has 0 radical (unpaired) electrons. The van der Waals surface area contributed by atoms with Crippen LogP contribution in [0.15, 0.2) is 0 Å². The summed E-state index contributed by atoms with van der Waals surface area (Å²) in [6.07, 6.45) is 0.211. The molecule has 0 unspecified atom stereocenters. The summed E-state index contributed by atoms with van der Waals surface area (Å²) in [7, 11) is 0. The summed E-state index contributed by atoms with van der Waals surface area (Å²) in [6.45, 7) is 8.78. The van der Waals surface area contributed by atoms with Crippen LogP contribution in [0.25, 0.3) is 0 Å². The first-order valence-corrected chi connectivity index (χ1v) is 5.64. The van der Waals surface area contributed by atoms with Gasteiger partial charge in [-0.2, -0.15) is 0 Å². The standard InChI is InChI=1S/C11H17ClN2O2/c1-7(2)15-5-6-16-11-9(4)8(3)10(12)13-14-11/h7H,5-6H2,1-4H3. The molecule has 4 nitrogen and oxygen atoms in total. The van der Waals surface area contributed by atoms with Crippen molar-refractivity contribution in [3.63, 3.8) is 0 Å². The molecule has 0 saturated carbocycles. The highest BCUT2D eigenvalue weighted by atomic mass is 35.5. The molecule has 0 aliphatic rings. The van der Waals surface area contributed by atoms with E-state index in [0.29, 0.717) is 24.2 Å². The van der Waals surface area contributed by atoms with Crippen LogP contribution in [0.4, 0.5) is 0 Å². The van der Waals surface area contributed by atoms with Gasteiger partial charge in [0.15, 0.2) is 5.15 Å². The van der Waals surface area contributed by atoms with Crippen molar-refractivity contribution in [3.8, 4) is 5.88 Å². The second kappa shape index (κ2) is 6.01. The molecule has 0 aliphatic carbocycles. The first-order valence-electron chi connectivity index (χ1n) is 5.26. The van der Waals surface area contributed by atoms with Crippen LogP contribution >= 0.6 is 11.6 Å². The summed E-state index contributed by atoms with van der Waals surface area (Å²) in [5.74, 6) is 0.522. The molecular formula is C11H17ClN2O2. The van der Waals surface area contributed by atoms with Crippen molar-refractivity contribution in [1.29, 1.82) is 0 Å². The van der Waals surface area contributed by atoms with E-state index in [1.54, 1.807) is 0 Å². The molecule has 0 bridgehead atoms. The van der Waals surface area contributed by atoms with Crippen molar-refractivity contribution in [2.75, 3.05) is 13.2 Å². The third-order valence-corrected chi connectivity index (χ3v) is 2.55. The average Bonchev–Trinajstić information content (AvgIpc) is 2.23. The molecule has 1 rings (SSSR count). The lowest BCUT2D eigenvalue weighted by Crippen LogP contribution is -2.12. The van der Waals surface area contributed by atoms with Crippen molar-refractivity contribution >= 4 is 11.6 Å². The fourth-order valence-electron chi connectivity index (χ4n) is 1.11. The molecule has 0 aliphatic heterocycles. The number of nitrogens with zero attached hydrogens (tertiary/aromatic N) is 2. The Morgan fingerprint density at radius 3 is 2.44 bits per heavy atom. The molecule has 5 heteroatoms. The van der Waals surface area contributed by atoms with Crippen LogP contribution in [0, 0.1) is 13.8 Å². The van der Waals surface area contributed by atoms with Gasteiger partial charge in [-0.05, 0) is 33.3 Å². The van der Waals surface area contributed by atoms with Gasteiger partial charge in [0.05, 0.1) is 12.7 Å². The largest absolute Gasteiger partial charge is 0.474 e. The Hall–Kier alpha value is -0.870. The summed E-state index contributed by atoms with van der Waals surface area (Å²) in [6, 6.07) is 0. The summed E-state index contributed by atoms with van der Waals surface area (Å²) in [4.78, 5) is 0. The topological polar surface area (TPSA) is 44.2 Å². The van der Waals surface area contributed by atoms with Crippen molar-refractivity contribution < 1.29 is 9.47 Å². The minimum atomic E-state index is 0.211. The van der Waals surface area contributed by atoms with Gasteiger partial charge in [-0.25, -0.2) is 0 Å². The Labute approximate surface area is 101 Å². The van der Waals surface area contributed by atoms with Gasteiger partial charge in [0.1, 0.15) is 6.61 Å². The minimum Gasteiger partial charge on any atom is -0.474 e. The van der Waals surface area contributed by atoms with E-state index in [1.807, 2.05) is 27.7 Å². The van der Waals surface area contributed by atoms with Gasteiger partial charge < -0.3 is 9.47 Å². The maximum atomic E-state index is 5.83. The number of halogens is 1. The molecule has 16 heavy (non-hydrogen) atoms. The number of aromatic nitrogens is 2. The van der Waals surface area contributed by atoms with Crippen LogP contribution < -0.4 is 4.74 Å². The zero-order valence-corrected chi connectivity index (χ0v) is 10.8. The predicted molar refractivity (Wildman–Crippen MR) is 63.1 cm³/mol. The zero-order valence-electron chi connectivity index (χ0n) is 10.1. The van der Waals surface area contributed by atoms with E-state index in [9.17, 15) is 0 Å². The molecule has 0 aromatic carbocycles. The third kappa shape index (κ3) is 3.61. The normalized spacial score (nSPS) is 10.9. The van der Waals surface area contributed by atoms with Gasteiger partial charge in [-0.15, -0.1) is 10.2 Å². The first kappa shape index (κ1) is 13.2. The maximum absolute atomic E-state index is 5.83. The van der Waals surface area contributed by atoms with Gasteiger partial charge >= 0.3 is 0 Å². The van der Waals surface area contributed by atoms with Crippen LogP contribution in [0.3, 0.4) is 0 Å². The number of hydrogen-bond acceptors (Lipinski definition) is 4. The molecule has 1 heterocycles. The molecule has 1 aromatic rings. The summed E-state index contributed by atoms with van der Waals surface area (Å²) in [5.41, 5.74) is 1.82. The van der Waals surface area contributed by atoms with Crippen LogP contribution in [-0.4, -0.2) is 29.5 Å². The molecule has 90 valence electrons. The highest BCUT2D eigenvalue weighted by Crippen LogP contribution is 2.21. The molecule has 0 fully saturated rings. The van der Waals surface area contributed by atoms with Gasteiger partial charge in [-0.3, -0.25) is 0 Å². The van der Waals surface area contributed by atoms with Crippen molar-refractivity contribution in [3.05, 3.63) is 16.3 Å². The van der Waals surface area contributed by atoms with Gasteiger partial charge in [0.25, 0.3) is 0 Å². The van der Waals surface area contributed by atoms with E-state index in [-0.39, 0.29) is 6.10 Å². The zero-order chi connectivity index (χ0) is 12.1. The van der Waals surface area contributed by atoms with Crippen LogP contribution in [0.1, 0.15) is 25.0 Å². The average molecular weight is 245 g/mol. The molecular weight excluding hydrogens is 228 g/mol. The Morgan fingerprint density at radius 2 is 1.81 bits per heavy atom. The Kier molecular flexibility index (Phi) is 4.96. The molecule has 1 aromatic heterocycles. The van der Waals surface area contributed by atoms with Gasteiger partial charge in [0.2, 0.25) is 5.88 Å². The Morgan fingerprint density at radius 1 is 1.12 bits per heavy atom. The predicted octanol–water partition coefficient (Wildman–Crippen LogP) is 2.55. The second-order valence-corrected chi connectivity index (χ2v) is 4.17. The van der Waals surface area contributed by atoms with Crippen molar-refractivity contribution in [2.45, 2.75) is 33.8 Å². The van der Waals surface area contributed by atoms with E-state index in [4.69, 9.17) is 21.1 Å². The first-order chi connectivity index (χ1) is 7.52. The van der Waals surface area contributed by atoms with Crippen LogP contribution in [0.2, 0.25) is 5.15 Å². The number of ether oxygens (including phenoxy) is 2. The van der Waals surface area contributed by atoms with Crippen LogP contribution in [0.5, 0.6) is 5.88 Å². The van der Waals surface area contributed by atoms with E-state index in [0.717, 1.165) is 11.1 Å². The lowest BCUT2D eigenvalue weighted by atomic mass is 10.2. The number of rotatable bonds is 5. The van der Waals surface area contributed by atoms with Crippen molar-refractivity contribution in [1.82, 2.24) is 10.2 Å². The van der Waals surface area contributed by atoms with Crippen molar-refractivity contribution in [2.24, 2.45) is 0 Å². The minimum absolute atomic E-state index is 0.211. The van der Waals surface area contributed by atoms with E-state index in [1.165, 1.54) is 0 Å². The van der Waals surface area contributed by atoms with E-state index < -0.39 is 0 Å². The Bertz CT molecular complexity index is 356. The SMILES string of the molecule is Cc1c(Cl)nnc(OCCOC(C)C)c1C. The summed E-state index contributed by atoms with van der Waals surface area (Å²) < 4.78 is 10.8. The smallest absolute Gasteiger partial charge is 0.236 e. The fourth-order valence-corrected chi connectivity index (χ4v) is 1.29. The van der Waals surface area contributed by atoms with E-state index in [2.05, 4.69) is 10.2 Å². The molecule has 0 saturated heterocycles. The number of hydrogen-bond donors (Lipinski definition) is 0. The van der Waals surface area contributed by atoms with Crippen LogP contribution in [-0.2, 0) is 4.74 Å². The molecule has 0 atom stereocenters. The third-order valence-electron chi connectivity index (χ3n) is 2.19. The monoisotopic (exact) mass is 244 g/mol. The lowest BCUT2D eigenvalue weighted by Gasteiger charge is -2.11. The summed E-state index contributed by atoms with van der Waals surface area (Å²) in [5, 5.41) is 8.12. The highest BCUT2D eigenvalue weighted by molar-refractivity contribution is 6.30. The molecule has 0 amide bonds.